The van der Waals surface area contributed by atoms with Gasteiger partial charge in [-0.3, -0.25) is 0 Å². The second-order valence-electron chi connectivity index (χ2n) is 0. The van der Waals surface area contributed by atoms with Crippen molar-refractivity contribution in [3.8, 4) is 0 Å². The Labute approximate surface area is 105 Å². The molecule has 0 atom stereocenters. The van der Waals surface area contributed by atoms with Crippen LogP contribution in [0.15, 0.2) is 0 Å². The fourth-order valence-corrected chi connectivity index (χ4v) is 0. The van der Waals surface area contributed by atoms with Gasteiger partial charge in [-0.25, -0.2) is 0 Å². The van der Waals surface area contributed by atoms with Crippen molar-refractivity contribution >= 4 is 87.7 Å². The van der Waals surface area contributed by atoms with E-state index in [1.807, 2.05) is 0 Å². The fraction of sp³-hybridized carbons (Fsp3) is 0. The van der Waals surface area contributed by atoms with Crippen molar-refractivity contribution < 1.29 is 19.5 Å². The summed E-state index contributed by atoms with van der Waals surface area (Å²) in [5, 5.41) is 0. The molecule has 0 spiro atoms. The van der Waals surface area contributed by atoms with Crippen molar-refractivity contribution in [3.63, 3.8) is 0 Å². The second-order valence-corrected chi connectivity index (χ2v) is 0. The monoisotopic (exact) mass is 479 g/mol. The molecule has 0 saturated carbocycles. The van der Waals surface area contributed by atoms with Gasteiger partial charge in [-0.1, -0.05) is 0 Å². The van der Waals surface area contributed by atoms with Gasteiger partial charge in [0.05, 0.1) is 0 Å². The summed E-state index contributed by atoms with van der Waals surface area (Å²) in [6.07, 6.45) is 0. The molecule has 0 aromatic rings. The van der Waals surface area contributed by atoms with Crippen LogP contribution in [-0.4, -0.2) is 87.7 Å². The summed E-state index contributed by atoms with van der Waals surface area (Å²) in [7, 11) is 0. The Kier molecular flexibility index (Phi) is 429. The van der Waals surface area contributed by atoms with Crippen LogP contribution in [0.5, 0.6) is 0 Å². The minimum Gasteiger partial charge on any atom is 0 e. The van der Waals surface area contributed by atoms with Gasteiger partial charge < -0.3 is 0 Å². The molecule has 0 amide bonds. The third-order valence-electron chi connectivity index (χ3n) is 0. The average Bonchev–Trinajstić information content (AvgIpc) is 0. The first kappa shape index (κ1) is 61.3. The maximum absolute atomic E-state index is 0. The summed E-state index contributed by atoms with van der Waals surface area (Å²) < 4.78 is 0. The van der Waals surface area contributed by atoms with Crippen LogP contribution in [-0.2, 0) is 19.5 Å². The van der Waals surface area contributed by atoms with Crippen molar-refractivity contribution in [1.82, 2.24) is 0 Å². The van der Waals surface area contributed by atoms with E-state index in [1.165, 1.54) is 0 Å². The molecular formula is H11AlBPbSiTeZn. The molecule has 0 N–H and O–H groups in total. The van der Waals surface area contributed by atoms with Crippen LogP contribution in [0, 0.1) is 0 Å². The van der Waals surface area contributed by atoms with Crippen LogP contribution in [0.25, 0.3) is 0 Å². The van der Waals surface area contributed by atoms with Crippen LogP contribution in [0.2, 0.25) is 0 Å². The third-order valence-corrected chi connectivity index (χ3v) is 0. The Balaban J connectivity index is 0. The Bertz CT molecular complexity index is 15.5. The summed E-state index contributed by atoms with van der Waals surface area (Å²) in [6, 6.07) is 0. The predicted molar refractivity (Wildman–Crippen MR) is 44.1 cm³/mol. The Morgan fingerprint density at radius 3 is 1.00 bits per heavy atom. The van der Waals surface area contributed by atoms with Gasteiger partial charge in [0.2, 0.25) is 0 Å². The van der Waals surface area contributed by atoms with E-state index in [-0.39, 0.29) is 107 Å². The van der Waals surface area contributed by atoms with Crippen molar-refractivity contribution in [1.29, 1.82) is 0 Å². The van der Waals surface area contributed by atoms with E-state index in [0.29, 0.717) is 0 Å². The predicted octanol–water partition coefficient (Wildman–Crippen LogP) is -4.85. The molecular weight excluding hydrogens is 466 g/mol. The molecule has 0 rings (SSSR count). The van der Waals surface area contributed by atoms with Crippen molar-refractivity contribution in [3.05, 3.63) is 0 Å². The van der Waals surface area contributed by atoms with Gasteiger partial charge in [0.25, 0.3) is 0 Å². The van der Waals surface area contributed by atoms with E-state index in [2.05, 4.69) is 0 Å². The third kappa shape index (κ3) is 27.3. The van der Waals surface area contributed by atoms with E-state index in [9.17, 15) is 0 Å². The van der Waals surface area contributed by atoms with Gasteiger partial charge in [0.1, 0.15) is 0 Å². The first-order valence-electron chi connectivity index (χ1n) is 0. The largest absolute Gasteiger partial charge is 0 e. The van der Waals surface area contributed by atoms with Crippen LogP contribution < -0.4 is 0 Å². The maximum Gasteiger partial charge on any atom is 0 e. The zero-order valence-corrected chi connectivity index (χ0v) is 13.8. The molecule has 0 aliphatic rings. The molecule has 0 saturated heterocycles. The van der Waals surface area contributed by atoms with Gasteiger partial charge in [-0.15, -0.1) is 0 Å². The minimum absolute atomic E-state index is 0. The first-order valence-corrected chi connectivity index (χ1v) is 0. The van der Waals surface area contributed by atoms with Crippen molar-refractivity contribution in [2.45, 2.75) is 0 Å². The zero-order chi connectivity index (χ0) is 0. The smallest absolute Gasteiger partial charge is 0 e. The molecule has 6 heavy (non-hydrogen) atoms. The van der Waals surface area contributed by atoms with Crippen molar-refractivity contribution in [2.24, 2.45) is 0 Å². The van der Waals surface area contributed by atoms with E-state index < -0.39 is 0 Å². The molecule has 0 aromatic heterocycles. The number of hydrogen-bond donors (Lipinski definition) is 0. The van der Waals surface area contributed by atoms with Gasteiger partial charge in [-0.2, -0.15) is 0 Å². The summed E-state index contributed by atoms with van der Waals surface area (Å²) in [4.78, 5) is 0. The van der Waals surface area contributed by atoms with Gasteiger partial charge in [-0.05, 0) is 11.0 Å². The Hall–Kier alpha value is 3.15. The van der Waals surface area contributed by atoms with Crippen molar-refractivity contribution in [2.75, 3.05) is 0 Å². The number of rotatable bonds is 0. The van der Waals surface area contributed by atoms with E-state index >= 15 is 0 Å². The standard InChI is InChI=1S/Al.B.Pb.H4Si.H2Te.Zn.5H/h;;;1H4;1H2;;;;;;. The normalized spacial score (nSPS) is 0. The van der Waals surface area contributed by atoms with Gasteiger partial charge >= 0.3 is 51.0 Å². The molecule has 33 valence electrons. The Morgan fingerprint density at radius 2 is 1.00 bits per heavy atom. The maximum atomic E-state index is 0. The van der Waals surface area contributed by atoms with Crippen LogP contribution >= 0.6 is 0 Å². The molecule has 0 fully saturated rings. The average molecular weight is 477 g/mol. The van der Waals surface area contributed by atoms with Gasteiger partial charge in [0, 0.05) is 27.9 Å². The molecule has 6 heteroatoms. The van der Waals surface area contributed by atoms with Crippen LogP contribution in [0.1, 0.15) is 0 Å². The summed E-state index contributed by atoms with van der Waals surface area (Å²) >= 11 is 0. The molecule has 0 unspecified atom stereocenters. The summed E-state index contributed by atoms with van der Waals surface area (Å²) in [6.45, 7) is 0. The van der Waals surface area contributed by atoms with E-state index in [4.69, 9.17) is 0 Å². The topological polar surface area (TPSA) is 0 Å². The molecule has 0 aromatic carbocycles. The van der Waals surface area contributed by atoms with Crippen LogP contribution in [0.3, 0.4) is 0 Å². The fourth-order valence-electron chi connectivity index (χ4n) is 0. The summed E-state index contributed by atoms with van der Waals surface area (Å²) in [5.74, 6) is 0. The SMILES string of the molecule is [AlH3].[B].[PbH2].[SiH4].[TeH2].[Zn]. The molecule has 0 aliphatic heterocycles. The first-order chi connectivity index (χ1) is 0. The van der Waals surface area contributed by atoms with E-state index in [1.54, 1.807) is 0 Å². The van der Waals surface area contributed by atoms with Gasteiger partial charge in [0.15, 0.2) is 17.4 Å². The molecule has 0 aliphatic carbocycles. The molecule has 0 heterocycles. The molecule has 0 bridgehead atoms. The molecule has 0 nitrogen and oxygen atoms in total. The Morgan fingerprint density at radius 1 is 1.00 bits per heavy atom. The number of hydrogen-bond acceptors (Lipinski definition) is 0. The zero-order valence-electron chi connectivity index (χ0n) is 2.49. The second kappa shape index (κ2) is 42.0. The quantitative estimate of drug-likeness (QED) is 0.308. The van der Waals surface area contributed by atoms with Crippen LogP contribution in [0.4, 0.5) is 0 Å². The minimum atomic E-state index is 0. The van der Waals surface area contributed by atoms with E-state index in [0.717, 1.165) is 0 Å². The summed E-state index contributed by atoms with van der Waals surface area (Å²) in [5.41, 5.74) is 0. The molecule has 5 radical (unpaired) electrons.